The van der Waals surface area contributed by atoms with Crippen LogP contribution < -0.4 is 14.8 Å². The molecule has 112 valence electrons. The topological polar surface area (TPSA) is 30.5 Å². The fourth-order valence-electron chi connectivity index (χ4n) is 2.35. The van der Waals surface area contributed by atoms with Gasteiger partial charge in [-0.05, 0) is 31.2 Å². The van der Waals surface area contributed by atoms with E-state index in [-0.39, 0.29) is 6.04 Å². The SMILES string of the molecule is CCNC(COc1ccccc1C)c1ccccc1OC. The molecule has 0 amide bonds. The zero-order valence-electron chi connectivity index (χ0n) is 12.9. The van der Waals surface area contributed by atoms with Crippen molar-refractivity contribution in [2.75, 3.05) is 20.3 Å². The predicted octanol–water partition coefficient (Wildman–Crippen LogP) is 3.73. The number of hydrogen-bond acceptors (Lipinski definition) is 3. The molecule has 0 heterocycles. The Morgan fingerprint density at radius 1 is 1.00 bits per heavy atom. The highest BCUT2D eigenvalue weighted by molar-refractivity contribution is 5.36. The van der Waals surface area contributed by atoms with E-state index in [0.717, 1.165) is 29.2 Å². The van der Waals surface area contributed by atoms with Gasteiger partial charge in [0.25, 0.3) is 0 Å². The highest BCUT2D eigenvalue weighted by Gasteiger charge is 2.16. The van der Waals surface area contributed by atoms with Crippen LogP contribution in [0.2, 0.25) is 0 Å². The number of aryl methyl sites for hydroxylation is 1. The van der Waals surface area contributed by atoms with Crippen molar-refractivity contribution in [1.29, 1.82) is 0 Å². The molecule has 0 fully saturated rings. The minimum atomic E-state index is 0.103. The summed E-state index contributed by atoms with van der Waals surface area (Å²) in [6.07, 6.45) is 0. The first-order valence-corrected chi connectivity index (χ1v) is 7.31. The third-order valence-electron chi connectivity index (χ3n) is 3.46. The molecular formula is C18H23NO2. The van der Waals surface area contributed by atoms with Gasteiger partial charge in [-0.15, -0.1) is 0 Å². The third-order valence-corrected chi connectivity index (χ3v) is 3.46. The zero-order chi connectivity index (χ0) is 15.1. The summed E-state index contributed by atoms with van der Waals surface area (Å²) in [5.74, 6) is 1.81. The summed E-state index contributed by atoms with van der Waals surface area (Å²) < 4.78 is 11.4. The molecule has 2 aromatic carbocycles. The first kappa shape index (κ1) is 15.4. The van der Waals surface area contributed by atoms with Crippen molar-refractivity contribution >= 4 is 0 Å². The van der Waals surface area contributed by atoms with Gasteiger partial charge >= 0.3 is 0 Å². The van der Waals surface area contributed by atoms with Crippen LogP contribution in [0.25, 0.3) is 0 Å². The fraction of sp³-hybridized carbons (Fsp3) is 0.333. The number of benzene rings is 2. The highest BCUT2D eigenvalue weighted by Crippen LogP contribution is 2.26. The van der Waals surface area contributed by atoms with Gasteiger partial charge in [-0.2, -0.15) is 0 Å². The molecule has 2 rings (SSSR count). The largest absolute Gasteiger partial charge is 0.496 e. The lowest BCUT2D eigenvalue weighted by molar-refractivity contribution is 0.262. The average molecular weight is 285 g/mol. The standard InChI is InChI=1S/C18H23NO2/c1-4-19-16(15-10-6-8-12-18(15)20-3)13-21-17-11-7-5-9-14(17)2/h5-12,16,19H,4,13H2,1-3H3. The van der Waals surface area contributed by atoms with Gasteiger partial charge in [-0.1, -0.05) is 43.3 Å². The van der Waals surface area contributed by atoms with Gasteiger partial charge in [0.05, 0.1) is 13.2 Å². The molecule has 1 unspecified atom stereocenters. The number of rotatable bonds is 7. The Balaban J connectivity index is 2.14. The van der Waals surface area contributed by atoms with Gasteiger partial charge in [0, 0.05) is 5.56 Å². The van der Waals surface area contributed by atoms with Crippen LogP contribution in [-0.4, -0.2) is 20.3 Å². The Morgan fingerprint density at radius 2 is 1.67 bits per heavy atom. The van der Waals surface area contributed by atoms with Crippen molar-refractivity contribution in [1.82, 2.24) is 5.32 Å². The minimum absolute atomic E-state index is 0.103. The summed E-state index contributed by atoms with van der Waals surface area (Å²) in [6.45, 7) is 5.59. The van der Waals surface area contributed by atoms with Crippen molar-refractivity contribution in [3.63, 3.8) is 0 Å². The van der Waals surface area contributed by atoms with Gasteiger partial charge in [-0.25, -0.2) is 0 Å². The van der Waals surface area contributed by atoms with Gasteiger partial charge in [0.15, 0.2) is 0 Å². The molecule has 0 aromatic heterocycles. The Morgan fingerprint density at radius 3 is 2.33 bits per heavy atom. The van der Waals surface area contributed by atoms with E-state index in [0.29, 0.717) is 6.61 Å². The van der Waals surface area contributed by atoms with Crippen molar-refractivity contribution < 1.29 is 9.47 Å². The molecular weight excluding hydrogens is 262 g/mol. The predicted molar refractivity (Wildman–Crippen MR) is 86.1 cm³/mol. The second kappa shape index (κ2) is 7.70. The van der Waals surface area contributed by atoms with Crippen LogP contribution in [0, 0.1) is 6.92 Å². The van der Waals surface area contributed by atoms with Gasteiger partial charge in [0.1, 0.15) is 18.1 Å². The van der Waals surface area contributed by atoms with E-state index < -0.39 is 0 Å². The molecule has 1 N–H and O–H groups in total. The maximum atomic E-state index is 5.99. The number of nitrogens with one attached hydrogen (secondary N) is 1. The number of methoxy groups -OCH3 is 1. The van der Waals surface area contributed by atoms with Crippen LogP contribution in [0.3, 0.4) is 0 Å². The maximum absolute atomic E-state index is 5.99. The lowest BCUT2D eigenvalue weighted by Gasteiger charge is -2.21. The molecule has 0 aliphatic heterocycles. The number of ether oxygens (including phenoxy) is 2. The quantitative estimate of drug-likeness (QED) is 0.840. The minimum Gasteiger partial charge on any atom is -0.496 e. The molecule has 0 bridgehead atoms. The van der Waals surface area contributed by atoms with E-state index in [1.165, 1.54) is 0 Å². The highest BCUT2D eigenvalue weighted by atomic mass is 16.5. The number of para-hydroxylation sites is 2. The maximum Gasteiger partial charge on any atom is 0.123 e. The van der Waals surface area contributed by atoms with E-state index in [1.807, 2.05) is 36.4 Å². The Kier molecular flexibility index (Phi) is 5.64. The summed E-state index contributed by atoms with van der Waals surface area (Å²) in [4.78, 5) is 0. The van der Waals surface area contributed by atoms with E-state index in [9.17, 15) is 0 Å². The van der Waals surface area contributed by atoms with E-state index in [4.69, 9.17) is 9.47 Å². The van der Waals surface area contributed by atoms with Gasteiger partial charge < -0.3 is 14.8 Å². The number of likely N-dealkylation sites (N-methyl/N-ethyl adjacent to an activating group) is 1. The summed E-state index contributed by atoms with van der Waals surface area (Å²) in [5, 5.41) is 3.46. The van der Waals surface area contributed by atoms with E-state index in [2.05, 4.69) is 31.3 Å². The molecule has 0 aliphatic rings. The van der Waals surface area contributed by atoms with Crippen molar-refractivity contribution in [2.45, 2.75) is 19.9 Å². The summed E-state index contributed by atoms with van der Waals surface area (Å²) in [5.41, 5.74) is 2.27. The summed E-state index contributed by atoms with van der Waals surface area (Å²) >= 11 is 0. The lowest BCUT2D eigenvalue weighted by Crippen LogP contribution is -2.27. The van der Waals surface area contributed by atoms with Crippen LogP contribution in [-0.2, 0) is 0 Å². The van der Waals surface area contributed by atoms with Gasteiger partial charge in [-0.3, -0.25) is 0 Å². The first-order valence-electron chi connectivity index (χ1n) is 7.31. The summed E-state index contributed by atoms with van der Waals surface area (Å²) in [6, 6.07) is 16.2. The molecule has 2 aromatic rings. The first-order chi connectivity index (χ1) is 10.3. The molecule has 1 atom stereocenters. The monoisotopic (exact) mass is 285 g/mol. The van der Waals surface area contributed by atoms with Crippen molar-refractivity contribution in [3.05, 3.63) is 59.7 Å². The average Bonchev–Trinajstić information content (AvgIpc) is 2.53. The fourth-order valence-corrected chi connectivity index (χ4v) is 2.35. The van der Waals surface area contributed by atoms with Crippen LogP contribution in [0.5, 0.6) is 11.5 Å². The molecule has 0 radical (unpaired) electrons. The molecule has 0 spiro atoms. The number of hydrogen-bond donors (Lipinski definition) is 1. The smallest absolute Gasteiger partial charge is 0.123 e. The molecule has 21 heavy (non-hydrogen) atoms. The van der Waals surface area contributed by atoms with Crippen LogP contribution in [0.1, 0.15) is 24.1 Å². The second-order valence-electron chi connectivity index (χ2n) is 4.93. The molecule has 0 saturated heterocycles. The van der Waals surface area contributed by atoms with Crippen LogP contribution >= 0.6 is 0 Å². The Labute approximate surface area is 126 Å². The van der Waals surface area contributed by atoms with Crippen molar-refractivity contribution in [3.8, 4) is 11.5 Å². The van der Waals surface area contributed by atoms with Crippen LogP contribution in [0.15, 0.2) is 48.5 Å². The normalized spacial score (nSPS) is 12.0. The zero-order valence-corrected chi connectivity index (χ0v) is 12.9. The van der Waals surface area contributed by atoms with E-state index in [1.54, 1.807) is 7.11 Å². The second-order valence-corrected chi connectivity index (χ2v) is 4.93. The molecule has 3 heteroatoms. The Bertz CT molecular complexity index is 569. The Hall–Kier alpha value is -2.00. The molecule has 0 saturated carbocycles. The molecule has 3 nitrogen and oxygen atoms in total. The van der Waals surface area contributed by atoms with Crippen LogP contribution in [0.4, 0.5) is 0 Å². The summed E-state index contributed by atoms with van der Waals surface area (Å²) in [7, 11) is 1.70. The molecule has 0 aliphatic carbocycles. The van der Waals surface area contributed by atoms with Gasteiger partial charge in [0.2, 0.25) is 0 Å². The van der Waals surface area contributed by atoms with E-state index >= 15 is 0 Å². The lowest BCUT2D eigenvalue weighted by atomic mass is 10.1. The van der Waals surface area contributed by atoms with Crippen molar-refractivity contribution in [2.24, 2.45) is 0 Å². The third kappa shape index (κ3) is 3.99.